The van der Waals surface area contributed by atoms with E-state index in [9.17, 15) is 9.59 Å². The molecule has 2 aromatic rings. The molecule has 1 atom stereocenters. The molecule has 2 aromatic carbocycles. The molecule has 2 N–H and O–H groups in total. The molecular formula is C21H26N2O3. The van der Waals surface area contributed by atoms with E-state index in [0.717, 1.165) is 12.0 Å². The summed E-state index contributed by atoms with van der Waals surface area (Å²) in [5.74, 6) is 0.524. The standard InChI is InChI=1S/C21H26N2O3/c1-4-15(2)26-19-7-5-6-17(14-19)21(25)23-18-11-8-16(9-12-18)10-13-20(24)22-3/h5-9,11-12,14-15H,4,10,13H2,1-3H3,(H,22,24)(H,23,25). The highest BCUT2D eigenvalue weighted by atomic mass is 16.5. The highest BCUT2D eigenvalue weighted by molar-refractivity contribution is 6.04. The SMILES string of the molecule is CCC(C)Oc1cccc(C(=O)Nc2ccc(CCC(=O)NC)cc2)c1. The first-order valence-electron chi connectivity index (χ1n) is 8.89. The smallest absolute Gasteiger partial charge is 0.255 e. The van der Waals surface area contributed by atoms with Gasteiger partial charge in [0.1, 0.15) is 5.75 Å². The zero-order valence-electron chi connectivity index (χ0n) is 15.5. The van der Waals surface area contributed by atoms with Gasteiger partial charge in [0, 0.05) is 24.7 Å². The van der Waals surface area contributed by atoms with Gasteiger partial charge < -0.3 is 15.4 Å². The van der Waals surface area contributed by atoms with Gasteiger partial charge in [0.2, 0.25) is 5.91 Å². The average Bonchev–Trinajstić information content (AvgIpc) is 2.67. The van der Waals surface area contributed by atoms with E-state index in [0.29, 0.717) is 29.8 Å². The Kier molecular flexibility index (Phi) is 7.21. The van der Waals surface area contributed by atoms with Gasteiger partial charge in [-0.3, -0.25) is 9.59 Å². The molecule has 2 amide bonds. The lowest BCUT2D eigenvalue weighted by atomic mass is 10.1. The average molecular weight is 354 g/mol. The highest BCUT2D eigenvalue weighted by Crippen LogP contribution is 2.18. The van der Waals surface area contributed by atoms with Crippen LogP contribution in [0.15, 0.2) is 48.5 Å². The van der Waals surface area contributed by atoms with Crippen LogP contribution in [0.2, 0.25) is 0 Å². The van der Waals surface area contributed by atoms with Crippen LogP contribution in [0, 0.1) is 0 Å². The van der Waals surface area contributed by atoms with Gasteiger partial charge in [0.15, 0.2) is 0 Å². The van der Waals surface area contributed by atoms with E-state index in [-0.39, 0.29) is 17.9 Å². The van der Waals surface area contributed by atoms with Gasteiger partial charge in [-0.2, -0.15) is 0 Å². The molecule has 0 fully saturated rings. The number of nitrogens with one attached hydrogen (secondary N) is 2. The summed E-state index contributed by atoms with van der Waals surface area (Å²) in [6.45, 7) is 4.05. The van der Waals surface area contributed by atoms with Crippen molar-refractivity contribution in [3.8, 4) is 5.75 Å². The Morgan fingerprint density at radius 1 is 1.12 bits per heavy atom. The van der Waals surface area contributed by atoms with Crippen molar-refractivity contribution in [3.05, 3.63) is 59.7 Å². The first-order valence-corrected chi connectivity index (χ1v) is 8.89. The fourth-order valence-corrected chi connectivity index (χ4v) is 2.37. The quantitative estimate of drug-likeness (QED) is 0.758. The summed E-state index contributed by atoms with van der Waals surface area (Å²) in [5, 5.41) is 5.49. The third-order valence-electron chi connectivity index (χ3n) is 4.14. The molecule has 0 radical (unpaired) electrons. The van der Waals surface area contributed by atoms with Crippen LogP contribution in [-0.4, -0.2) is 25.0 Å². The van der Waals surface area contributed by atoms with Crippen molar-refractivity contribution in [2.24, 2.45) is 0 Å². The first-order chi connectivity index (χ1) is 12.5. The van der Waals surface area contributed by atoms with Gasteiger partial charge >= 0.3 is 0 Å². The van der Waals surface area contributed by atoms with E-state index in [2.05, 4.69) is 17.6 Å². The van der Waals surface area contributed by atoms with E-state index < -0.39 is 0 Å². The Morgan fingerprint density at radius 3 is 2.50 bits per heavy atom. The molecule has 26 heavy (non-hydrogen) atoms. The topological polar surface area (TPSA) is 67.4 Å². The molecule has 0 heterocycles. The van der Waals surface area contributed by atoms with Crippen molar-refractivity contribution in [1.82, 2.24) is 5.32 Å². The number of anilines is 1. The fraction of sp³-hybridized carbons (Fsp3) is 0.333. The molecule has 0 aliphatic carbocycles. The van der Waals surface area contributed by atoms with E-state index >= 15 is 0 Å². The van der Waals surface area contributed by atoms with Crippen LogP contribution in [0.3, 0.4) is 0 Å². The number of aryl methyl sites for hydroxylation is 1. The predicted octanol–water partition coefficient (Wildman–Crippen LogP) is 3.79. The number of carbonyl (C=O) groups is 2. The summed E-state index contributed by atoms with van der Waals surface area (Å²) >= 11 is 0. The third kappa shape index (κ3) is 5.92. The van der Waals surface area contributed by atoms with Crippen molar-refractivity contribution in [2.75, 3.05) is 12.4 Å². The zero-order chi connectivity index (χ0) is 18.9. The molecule has 0 saturated carbocycles. The molecule has 0 spiro atoms. The number of hydrogen-bond donors (Lipinski definition) is 2. The lowest BCUT2D eigenvalue weighted by molar-refractivity contribution is -0.120. The van der Waals surface area contributed by atoms with E-state index in [1.54, 1.807) is 19.2 Å². The molecule has 0 aliphatic heterocycles. The Bertz CT molecular complexity index is 741. The van der Waals surface area contributed by atoms with Crippen molar-refractivity contribution in [2.45, 2.75) is 39.2 Å². The van der Waals surface area contributed by atoms with E-state index in [4.69, 9.17) is 4.74 Å². The molecule has 5 nitrogen and oxygen atoms in total. The molecule has 0 bridgehead atoms. The predicted molar refractivity (Wildman–Crippen MR) is 104 cm³/mol. The van der Waals surface area contributed by atoms with Gasteiger partial charge in [0.25, 0.3) is 5.91 Å². The Hall–Kier alpha value is -2.82. The van der Waals surface area contributed by atoms with Crippen molar-refractivity contribution in [1.29, 1.82) is 0 Å². The number of amides is 2. The maximum Gasteiger partial charge on any atom is 0.255 e. The molecule has 2 rings (SSSR count). The number of hydrogen-bond acceptors (Lipinski definition) is 3. The Balaban J connectivity index is 1.97. The molecule has 0 saturated heterocycles. The summed E-state index contributed by atoms with van der Waals surface area (Å²) in [4.78, 5) is 23.7. The minimum Gasteiger partial charge on any atom is -0.491 e. The number of rotatable bonds is 8. The third-order valence-corrected chi connectivity index (χ3v) is 4.14. The van der Waals surface area contributed by atoms with Crippen LogP contribution in [0.25, 0.3) is 0 Å². The summed E-state index contributed by atoms with van der Waals surface area (Å²) in [7, 11) is 1.63. The van der Waals surface area contributed by atoms with Crippen LogP contribution < -0.4 is 15.4 Å². The second-order valence-electron chi connectivity index (χ2n) is 6.19. The van der Waals surface area contributed by atoms with Crippen LogP contribution in [0.4, 0.5) is 5.69 Å². The normalized spacial score (nSPS) is 11.5. The molecule has 5 heteroatoms. The lowest BCUT2D eigenvalue weighted by Crippen LogP contribution is -2.17. The summed E-state index contributed by atoms with van der Waals surface area (Å²) in [6.07, 6.45) is 2.13. The van der Waals surface area contributed by atoms with Crippen molar-refractivity contribution < 1.29 is 14.3 Å². The number of ether oxygens (including phenoxy) is 1. The van der Waals surface area contributed by atoms with E-state index in [1.165, 1.54) is 0 Å². The van der Waals surface area contributed by atoms with E-state index in [1.807, 2.05) is 43.3 Å². The highest BCUT2D eigenvalue weighted by Gasteiger charge is 2.09. The van der Waals surface area contributed by atoms with Gasteiger partial charge in [-0.1, -0.05) is 25.1 Å². The monoisotopic (exact) mass is 354 g/mol. The van der Waals surface area contributed by atoms with Gasteiger partial charge in [-0.15, -0.1) is 0 Å². The largest absolute Gasteiger partial charge is 0.491 e. The second-order valence-corrected chi connectivity index (χ2v) is 6.19. The lowest BCUT2D eigenvalue weighted by Gasteiger charge is -2.13. The molecule has 1 unspecified atom stereocenters. The maximum absolute atomic E-state index is 12.4. The first kappa shape index (κ1) is 19.5. The summed E-state index contributed by atoms with van der Waals surface area (Å²) in [5.41, 5.74) is 2.32. The second kappa shape index (κ2) is 9.61. The minimum absolute atomic E-state index is 0.0156. The molecule has 0 aromatic heterocycles. The van der Waals surface area contributed by atoms with Crippen LogP contribution >= 0.6 is 0 Å². The van der Waals surface area contributed by atoms with Gasteiger partial charge in [-0.25, -0.2) is 0 Å². The van der Waals surface area contributed by atoms with Crippen molar-refractivity contribution in [3.63, 3.8) is 0 Å². The van der Waals surface area contributed by atoms with Gasteiger partial charge in [0.05, 0.1) is 6.10 Å². The van der Waals surface area contributed by atoms with Crippen molar-refractivity contribution >= 4 is 17.5 Å². The summed E-state index contributed by atoms with van der Waals surface area (Å²) < 4.78 is 5.76. The number of benzene rings is 2. The summed E-state index contributed by atoms with van der Waals surface area (Å²) in [6, 6.07) is 14.7. The molecule has 0 aliphatic rings. The Labute approximate surface area is 154 Å². The Morgan fingerprint density at radius 2 is 1.85 bits per heavy atom. The van der Waals surface area contributed by atoms with Crippen LogP contribution in [-0.2, 0) is 11.2 Å². The molecule has 138 valence electrons. The zero-order valence-corrected chi connectivity index (χ0v) is 15.5. The van der Waals surface area contributed by atoms with Crippen LogP contribution in [0.1, 0.15) is 42.6 Å². The minimum atomic E-state index is -0.183. The van der Waals surface area contributed by atoms with Crippen LogP contribution in [0.5, 0.6) is 5.75 Å². The molecular weight excluding hydrogens is 328 g/mol. The van der Waals surface area contributed by atoms with Gasteiger partial charge in [-0.05, 0) is 55.7 Å². The fourth-order valence-electron chi connectivity index (χ4n) is 2.37. The number of carbonyl (C=O) groups excluding carboxylic acids is 2. The maximum atomic E-state index is 12.4.